The molecule has 100 valence electrons. The number of rotatable bonds is 8. The number of nitrogens with one attached hydrogen (secondary N) is 1. The van der Waals surface area contributed by atoms with Gasteiger partial charge in [-0.2, -0.15) is 0 Å². The van der Waals surface area contributed by atoms with E-state index in [1.165, 1.54) is 25.7 Å². The van der Waals surface area contributed by atoms with E-state index in [4.69, 9.17) is 4.74 Å². The number of para-hydroxylation sites is 1. The zero-order valence-corrected chi connectivity index (χ0v) is 11.4. The van der Waals surface area contributed by atoms with E-state index in [9.17, 15) is 0 Å². The van der Waals surface area contributed by atoms with E-state index in [1.54, 1.807) is 0 Å². The molecular weight excluding hydrogens is 222 g/mol. The average Bonchev–Trinajstić information content (AvgIpc) is 2.34. The topological polar surface area (TPSA) is 21.3 Å². The second-order valence-electron chi connectivity index (χ2n) is 5.44. The second kappa shape index (κ2) is 7.42. The molecule has 1 aromatic carbocycles. The molecule has 1 N–H and O–H groups in total. The van der Waals surface area contributed by atoms with Crippen molar-refractivity contribution in [3.8, 4) is 5.75 Å². The van der Waals surface area contributed by atoms with E-state index in [-0.39, 0.29) is 0 Å². The lowest BCUT2D eigenvalue weighted by Gasteiger charge is -2.28. The fourth-order valence-corrected chi connectivity index (χ4v) is 2.22. The summed E-state index contributed by atoms with van der Waals surface area (Å²) >= 11 is 0. The number of hydrogen-bond donors (Lipinski definition) is 1. The van der Waals surface area contributed by atoms with Gasteiger partial charge in [-0.05, 0) is 50.3 Å². The van der Waals surface area contributed by atoms with E-state index in [2.05, 4.69) is 12.2 Å². The van der Waals surface area contributed by atoms with E-state index in [1.807, 2.05) is 30.3 Å². The Morgan fingerprint density at radius 2 is 2.06 bits per heavy atom. The lowest BCUT2D eigenvalue weighted by atomic mass is 9.92. The van der Waals surface area contributed by atoms with Gasteiger partial charge in [0.2, 0.25) is 0 Å². The van der Waals surface area contributed by atoms with Gasteiger partial charge in [0.1, 0.15) is 5.75 Å². The molecule has 0 amide bonds. The summed E-state index contributed by atoms with van der Waals surface area (Å²) in [4.78, 5) is 0. The van der Waals surface area contributed by atoms with Crippen molar-refractivity contribution in [2.24, 2.45) is 5.92 Å². The first kappa shape index (κ1) is 13.4. The summed E-state index contributed by atoms with van der Waals surface area (Å²) in [5, 5.41) is 3.64. The van der Waals surface area contributed by atoms with Crippen molar-refractivity contribution in [3.63, 3.8) is 0 Å². The lowest BCUT2D eigenvalue weighted by Crippen LogP contribution is -2.37. The molecule has 2 nitrogen and oxygen atoms in total. The quantitative estimate of drug-likeness (QED) is 0.708. The molecule has 0 radical (unpaired) electrons. The zero-order chi connectivity index (χ0) is 12.6. The Bertz CT molecular complexity index is 321. The van der Waals surface area contributed by atoms with Gasteiger partial charge in [-0.3, -0.25) is 0 Å². The second-order valence-corrected chi connectivity index (χ2v) is 5.44. The molecule has 2 rings (SSSR count). The monoisotopic (exact) mass is 247 g/mol. The highest BCUT2D eigenvalue weighted by Crippen LogP contribution is 2.18. The molecular formula is C16H25NO. The third-order valence-corrected chi connectivity index (χ3v) is 3.71. The normalized spacial score (nSPS) is 17.2. The van der Waals surface area contributed by atoms with Gasteiger partial charge in [0, 0.05) is 6.04 Å². The molecule has 1 unspecified atom stereocenters. The van der Waals surface area contributed by atoms with Crippen molar-refractivity contribution in [1.82, 2.24) is 5.32 Å². The van der Waals surface area contributed by atoms with Crippen LogP contribution in [-0.2, 0) is 0 Å². The minimum absolute atomic E-state index is 0.755. The van der Waals surface area contributed by atoms with Crippen LogP contribution in [0, 0.1) is 5.92 Å². The summed E-state index contributed by atoms with van der Waals surface area (Å²) in [5.74, 6) is 1.74. The molecule has 18 heavy (non-hydrogen) atoms. The van der Waals surface area contributed by atoms with Crippen LogP contribution in [0.4, 0.5) is 0 Å². The van der Waals surface area contributed by atoms with Crippen LogP contribution in [-0.4, -0.2) is 19.2 Å². The maximum Gasteiger partial charge on any atom is 0.119 e. The smallest absolute Gasteiger partial charge is 0.119 e. The van der Waals surface area contributed by atoms with Crippen LogP contribution in [0.3, 0.4) is 0 Å². The molecule has 0 spiro atoms. The molecule has 1 atom stereocenters. The van der Waals surface area contributed by atoms with Gasteiger partial charge in [-0.25, -0.2) is 0 Å². The number of hydrogen-bond acceptors (Lipinski definition) is 2. The summed E-state index contributed by atoms with van der Waals surface area (Å²) < 4.78 is 5.69. The van der Waals surface area contributed by atoms with Crippen LogP contribution < -0.4 is 10.1 Å². The predicted molar refractivity (Wildman–Crippen MR) is 76.0 cm³/mol. The van der Waals surface area contributed by atoms with Gasteiger partial charge in [0.15, 0.2) is 0 Å². The Kier molecular flexibility index (Phi) is 5.53. The molecule has 1 saturated carbocycles. The fourth-order valence-electron chi connectivity index (χ4n) is 2.22. The Morgan fingerprint density at radius 3 is 2.72 bits per heavy atom. The summed E-state index contributed by atoms with van der Waals surface area (Å²) in [6.45, 7) is 4.32. The first-order valence-electron chi connectivity index (χ1n) is 7.26. The van der Waals surface area contributed by atoms with Crippen LogP contribution in [0.5, 0.6) is 5.75 Å². The maximum atomic E-state index is 5.69. The SMILES string of the molecule is CC(CCCOc1ccccc1)CNC1CCC1. The van der Waals surface area contributed by atoms with Gasteiger partial charge in [0.05, 0.1) is 6.61 Å². The first-order valence-corrected chi connectivity index (χ1v) is 7.26. The third-order valence-electron chi connectivity index (χ3n) is 3.71. The minimum Gasteiger partial charge on any atom is -0.494 e. The highest BCUT2D eigenvalue weighted by molar-refractivity contribution is 5.20. The standard InChI is InChI=1S/C16H25NO/c1-14(13-17-15-8-5-9-15)7-6-12-18-16-10-3-2-4-11-16/h2-4,10-11,14-15,17H,5-9,12-13H2,1H3. The Morgan fingerprint density at radius 1 is 1.28 bits per heavy atom. The van der Waals surface area contributed by atoms with Gasteiger partial charge in [-0.15, -0.1) is 0 Å². The predicted octanol–water partition coefficient (Wildman–Crippen LogP) is 3.62. The van der Waals surface area contributed by atoms with Gasteiger partial charge in [-0.1, -0.05) is 31.5 Å². The van der Waals surface area contributed by atoms with Crippen molar-refractivity contribution in [1.29, 1.82) is 0 Å². The molecule has 2 heteroatoms. The molecule has 0 heterocycles. The van der Waals surface area contributed by atoms with Crippen molar-refractivity contribution >= 4 is 0 Å². The fraction of sp³-hybridized carbons (Fsp3) is 0.625. The van der Waals surface area contributed by atoms with Crippen LogP contribution in [0.2, 0.25) is 0 Å². The Hall–Kier alpha value is -1.02. The van der Waals surface area contributed by atoms with E-state index in [0.717, 1.165) is 37.3 Å². The Balaban J connectivity index is 1.49. The largest absolute Gasteiger partial charge is 0.494 e. The minimum atomic E-state index is 0.755. The number of benzene rings is 1. The highest BCUT2D eigenvalue weighted by atomic mass is 16.5. The van der Waals surface area contributed by atoms with Gasteiger partial charge in [0.25, 0.3) is 0 Å². The summed E-state index contributed by atoms with van der Waals surface area (Å²) in [5.41, 5.74) is 0. The van der Waals surface area contributed by atoms with Crippen LogP contribution in [0.15, 0.2) is 30.3 Å². The molecule has 1 aromatic rings. The van der Waals surface area contributed by atoms with E-state index < -0.39 is 0 Å². The summed E-state index contributed by atoms with van der Waals surface area (Å²) in [6.07, 6.45) is 6.56. The average molecular weight is 247 g/mol. The van der Waals surface area contributed by atoms with Crippen molar-refractivity contribution in [3.05, 3.63) is 30.3 Å². The maximum absolute atomic E-state index is 5.69. The number of ether oxygens (including phenoxy) is 1. The van der Waals surface area contributed by atoms with E-state index >= 15 is 0 Å². The molecule has 0 bridgehead atoms. The zero-order valence-electron chi connectivity index (χ0n) is 11.4. The lowest BCUT2D eigenvalue weighted by molar-refractivity contribution is 0.281. The van der Waals surface area contributed by atoms with E-state index in [0.29, 0.717) is 0 Å². The molecule has 0 saturated heterocycles. The van der Waals surface area contributed by atoms with Crippen LogP contribution in [0.1, 0.15) is 39.0 Å². The molecule has 0 aliphatic heterocycles. The molecule has 0 aromatic heterocycles. The van der Waals surface area contributed by atoms with Crippen molar-refractivity contribution in [2.45, 2.75) is 45.1 Å². The molecule has 1 fully saturated rings. The Labute approximate surface area is 111 Å². The highest BCUT2D eigenvalue weighted by Gasteiger charge is 2.16. The van der Waals surface area contributed by atoms with Crippen LogP contribution in [0.25, 0.3) is 0 Å². The molecule has 1 aliphatic rings. The van der Waals surface area contributed by atoms with Crippen molar-refractivity contribution in [2.75, 3.05) is 13.2 Å². The third kappa shape index (κ3) is 4.69. The van der Waals surface area contributed by atoms with Crippen molar-refractivity contribution < 1.29 is 4.74 Å². The van der Waals surface area contributed by atoms with Gasteiger partial charge < -0.3 is 10.1 Å². The van der Waals surface area contributed by atoms with Gasteiger partial charge >= 0.3 is 0 Å². The van der Waals surface area contributed by atoms with Crippen LogP contribution >= 0.6 is 0 Å². The summed E-state index contributed by atoms with van der Waals surface area (Å²) in [7, 11) is 0. The molecule has 1 aliphatic carbocycles. The first-order chi connectivity index (χ1) is 8.84. The summed E-state index contributed by atoms with van der Waals surface area (Å²) in [6, 6.07) is 10.9.